The molecule has 10 heteroatoms. The van der Waals surface area contributed by atoms with Crippen LogP contribution in [-0.2, 0) is 10.3 Å². The molecule has 2 aliphatic rings. The third-order valence-electron chi connectivity index (χ3n) is 6.47. The van der Waals surface area contributed by atoms with Crippen LogP contribution in [0.5, 0.6) is 5.75 Å². The van der Waals surface area contributed by atoms with Gasteiger partial charge < -0.3 is 14.5 Å². The molecule has 34 heavy (non-hydrogen) atoms. The standard InChI is InChI=1S/C24H30N6O3S/c1-24(2,3)30-21-17(14-25-30)22(32)29-16(15-34-23(29)26-21)13-20(31)28-11-9-27(10-12-28)18-7-5-6-8-19(18)33-4/h5-8,14,16H,9-13,15H2,1-4H3. The minimum Gasteiger partial charge on any atom is -0.495 e. The molecule has 1 unspecified atom stereocenters. The molecule has 1 saturated heterocycles. The zero-order chi connectivity index (χ0) is 24.0. The minimum absolute atomic E-state index is 0.0792. The number of thioether (sulfide) groups is 1. The average Bonchev–Trinajstić information content (AvgIpc) is 3.44. The average molecular weight is 483 g/mol. The van der Waals surface area contributed by atoms with Gasteiger partial charge in [-0.15, -0.1) is 0 Å². The predicted octanol–water partition coefficient (Wildman–Crippen LogP) is 2.74. The highest BCUT2D eigenvalue weighted by molar-refractivity contribution is 7.99. The Morgan fingerprint density at radius 2 is 1.91 bits per heavy atom. The molecule has 0 spiro atoms. The summed E-state index contributed by atoms with van der Waals surface area (Å²) in [5.74, 6) is 1.59. The van der Waals surface area contributed by atoms with Gasteiger partial charge in [0.25, 0.3) is 5.56 Å². The SMILES string of the molecule is COc1ccccc1N1CCN(C(=O)CC2CSc3nc4c(cnn4C(C)(C)C)c(=O)n32)CC1. The van der Waals surface area contributed by atoms with Gasteiger partial charge in [0.15, 0.2) is 10.8 Å². The number of nitrogens with zero attached hydrogens (tertiary/aromatic N) is 6. The lowest BCUT2D eigenvalue weighted by molar-refractivity contribution is -0.132. The summed E-state index contributed by atoms with van der Waals surface area (Å²) < 4.78 is 8.98. The quantitative estimate of drug-likeness (QED) is 0.529. The number of para-hydroxylation sites is 2. The van der Waals surface area contributed by atoms with Crippen LogP contribution in [-0.4, -0.2) is 69.2 Å². The van der Waals surface area contributed by atoms with E-state index >= 15 is 0 Å². The van der Waals surface area contributed by atoms with Crippen molar-refractivity contribution < 1.29 is 9.53 Å². The van der Waals surface area contributed by atoms with E-state index in [2.05, 4.69) is 10.00 Å². The number of carbonyl (C=O) groups excluding carboxylic acids is 1. The number of piperazine rings is 1. The molecular weight excluding hydrogens is 452 g/mol. The third-order valence-corrected chi connectivity index (χ3v) is 7.57. The molecule has 0 radical (unpaired) electrons. The first-order chi connectivity index (χ1) is 16.3. The van der Waals surface area contributed by atoms with Crippen molar-refractivity contribution in [3.8, 4) is 5.75 Å². The van der Waals surface area contributed by atoms with Crippen molar-refractivity contribution in [1.82, 2.24) is 24.2 Å². The smallest absolute Gasteiger partial charge is 0.265 e. The topological polar surface area (TPSA) is 85.5 Å². The Kier molecular flexibility index (Phi) is 5.79. The Morgan fingerprint density at radius 3 is 2.62 bits per heavy atom. The highest BCUT2D eigenvalue weighted by atomic mass is 32.2. The van der Waals surface area contributed by atoms with Crippen molar-refractivity contribution in [3.05, 3.63) is 40.8 Å². The number of ether oxygens (including phenoxy) is 1. The van der Waals surface area contributed by atoms with Crippen LogP contribution in [0.4, 0.5) is 5.69 Å². The van der Waals surface area contributed by atoms with Crippen molar-refractivity contribution in [3.63, 3.8) is 0 Å². The number of benzene rings is 1. The molecule has 0 aliphatic carbocycles. The van der Waals surface area contributed by atoms with Crippen molar-refractivity contribution in [2.45, 2.75) is 43.9 Å². The summed E-state index contributed by atoms with van der Waals surface area (Å²) in [7, 11) is 1.68. The first kappa shape index (κ1) is 22.8. The monoisotopic (exact) mass is 482 g/mol. The molecule has 3 aromatic rings. The molecule has 1 atom stereocenters. The van der Waals surface area contributed by atoms with Crippen LogP contribution in [0.15, 0.2) is 40.4 Å². The molecule has 0 saturated carbocycles. The Morgan fingerprint density at radius 1 is 1.18 bits per heavy atom. The second kappa shape index (κ2) is 8.65. The van der Waals surface area contributed by atoms with Gasteiger partial charge in [-0.3, -0.25) is 14.2 Å². The largest absolute Gasteiger partial charge is 0.495 e. The molecule has 1 amide bonds. The molecule has 9 nitrogen and oxygen atoms in total. The number of aromatic nitrogens is 4. The van der Waals surface area contributed by atoms with E-state index in [0.717, 1.165) is 24.5 Å². The first-order valence-electron chi connectivity index (χ1n) is 11.6. The molecule has 4 heterocycles. The predicted molar refractivity (Wildman–Crippen MR) is 133 cm³/mol. The molecular formula is C24H30N6O3S. The molecule has 5 rings (SSSR count). The number of amides is 1. The van der Waals surface area contributed by atoms with E-state index in [1.54, 1.807) is 22.6 Å². The van der Waals surface area contributed by atoms with Crippen LogP contribution < -0.4 is 15.2 Å². The second-order valence-corrected chi connectivity index (χ2v) is 10.7. The van der Waals surface area contributed by atoms with Crippen LogP contribution in [0.25, 0.3) is 11.0 Å². The molecule has 0 bridgehead atoms. The van der Waals surface area contributed by atoms with E-state index in [0.29, 0.717) is 41.5 Å². The highest BCUT2D eigenvalue weighted by Crippen LogP contribution is 2.34. The fourth-order valence-electron chi connectivity index (χ4n) is 4.69. The second-order valence-electron chi connectivity index (χ2n) is 9.74. The van der Waals surface area contributed by atoms with E-state index < -0.39 is 0 Å². The Hall–Kier alpha value is -3.01. The summed E-state index contributed by atoms with van der Waals surface area (Å²) in [6.07, 6.45) is 1.90. The Labute approximate surface area is 202 Å². The lowest BCUT2D eigenvalue weighted by Crippen LogP contribution is -2.49. The molecule has 1 aromatic carbocycles. The number of carbonyl (C=O) groups is 1. The molecule has 180 valence electrons. The van der Waals surface area contributed by atoms with Gasteiger partial charge in [-0.25, -0.2) is 9.67 Å². The van der Waals surface area contributed by atoms with E-state index in [1.807, 2.05) is 49.9 Å². The highest BCUT2D eigenvalue weighted by Gasteiger charge is 2.32. The van der Waals surface area contributed by atoms with Crippen molar-refractivity contribution in [2.75, 3.05) is 43.9 Å². The Balaban J connectivity index is 1.30. The zero-order valence-electron chi connectivity index (χ0n) is 20.0. The van der Waals surface area contributed by atoms with Crippen LogP contribution >= 0.6 is 11.8 Å². The van der Waals surface area contributed by atoms with Gasteiger partial charge in [0.05, 0.1) is 30.6 Å². The minimum atomic E-state index is -0.273. The normalized spacial score (nSPS) is 18.4. The summed E-state index contributed by atoms with van der Waals surface area (Å²) in [6.45, 7) is 8.89. The first-order valence-corrected chi connectivity index (χ1v) is 12.6. The van der Waals surface area contributed by atoms with Crippen molar-refractivity contribution in [1.29, 1.82) is 0 Å². The molecule has 0 N–H and O–H groups in total. The maximum atomic E-state index is 13.3. The molecule has 2 aliphatic heterocycles. The van der Waals surface area contributed by atoms with Crippen LogP contribution in [0.1, 0.15) is 33.2 Å². The Bertz CT molecular complexity index is 1290. The fourth-order valence-corrected chi connectivity index (χ4v) is 5.82. The van der Waals surface area contributed by atoms with Gasteiger partial charge in [-0.1, -0.05) is 23.9 Å². The van der Waals surface area contributed by atoms with Gasteiger partial charge in [0.2, 0.25) is 5.91 Å². The zero-order valence-corrected chi connectivity index (χ0v) is 20.8. The van der Waals surface area contributed by atoms with Gasteiger partial charge in [0, 0.05) is 38.4 Å². The van der Waals surface area contributed by atoms with Gasteiger partial charge in [0.1, 0.15) is 11.1 Å². The van der Waals surface area contributed by atoms with E-state index in [4.69, 9.17) is 9.72 Å². The summed E-state index contributed by atoms with van der Waals surface area (Å²) in [6, 6.07) is 7.76. The van der Waals surface area contributed by atoms with E-state index in [-0.39, 0.29) is 23.0 Å². The molecule has 2 aromatic heterocycles. The fraction of sp³-hybridized carbons (Fsp3) is 0.500. The maximum absolute atomic E-state index is 13.3. The van der Waals surface area contributed by atoms with Crippen molar-refractivity contribution >= 4 is 34.4 Å². The van der Waals surface area contributed by atoms with Gasteiger partial charge >= 0.3 is 0 Å². The van der Waals surface area contributed by atoms with E-state index in [1.165, 1.54) is 11.8 Å². The van der Waals surface area contributed by atoms with Crippen molar-refractivity contribution in [2.24, 2.45) is 0 Å². The van der Waals surface area contributed by atoms with Crippen LogP contribution in [0.2, 0.25) is 0 Å². The van der Waals surface area contributed by atoms with Gasteiger partial charge in [-0.05, 0) is 32.9 Å². The lowest BCUT2D eigenvalue weighted by Gasteiger charge is -2.37. The summed E-state index contributed by atoms with van der Waals surface area (Å²) in [5.41, 5.74) is 1.27. The van der Waals surface area contributed by atoms with Gasteiger partial charge in [-0.2, -0.15) is 5.10 Å². The van der Waals surface area contributed by atoms with Crippen LogP contribution in [0, 0.1) is 0 Å². The number of anilines is 1. The summed E-state index contributed by atoms with van der Waals surface area (Å²) >= 11 is 1.54. The lowest BCUT2D eigenvalue weighted by atomic mass is 10.1. The summed E-state index contributed by atoms with van der Waals surface area (Å²) in [4.78, 5) is 35.4. The van der Waals surface area contributed by atoms with Crippen LogP contribution in [0.3, 0.4) is 0 Å². The number of hydrogen-bond acceptors (Lipinski definition) is 7. The number of rotatable bonds is 4. The number of hydrogen-bond donors (Lipinski definition) is 0. The maximum Gasteiger partial charge on any atom is 0.265 e. The molecule has 1 fully saturated rings. The summed E-state index contributed by atoms with van der Waals surface area (Å²) in [5, 5.41) is 5.59. The van der Waals surface area contributed by atoms with E-state index in [9.17, 15) is 9.59 Å². The number of methoxy groups -OCH3 is 1. The number of fused-ring (bicyclic) bond motifs is 2. The third kappa shape index (κ3) is 3.93.